The van der Waals surface area contributed by atoms with Crippen LogP contribution in [0.5, 0.6) is 0 Å². The topological polar surface area (TPSA) is 94.2 Å². The van der Waals surface area contributed by atoms with Crippen LogP contribution < -0.4 is 4.90 Å². The average molecular weight is 502 g/mol. The molecule has 2 aromatic heterocycles. The molecule has 0 amide bonds. The zero-order valence-corrected chi connectivity index (χ0v) is 19.1. The fourth-order valence-electron chi connectivity index (χ4n) is 4.47. The van der Waals surface area contributed by atoms with Gasteiger partial charge in [-0.1, -0.05) is 18.2 Å². The number of ether oxygens (including phenoxy) is 1. The van der Waals surface area contributed by atoms with Crippen molar-refractivity contribution < 1.29 is 32.2 Å². The van der Waals surface area contributed by atoms with Gasteiger partial charge in [0.15, 0.2) is 17.4 Å². The number of nitrogens with zero attached hydrogens (tertiary/aromatic N) is 2. The van der Waals surface area contributed by atoms with Gasteiger partial charge in [-0.15, -0.1) is 0 Å². The maximum atomic E-state index is 15.0. The van der Waals surface area contributed by atoms with E-state index in [2.05, 4.69) is 15.0 Å². The standard InChI is InChI=1S/C25H22F4N4O3/c1-13-10-33(11-16(12-34)36-13)15-7-19(26)22-20(8-15)31-24(32-22)21-6-14(9-30-21)23(35)17-4-2-3-5-18(17)25(27,28)29/h2-9,13,16,30,34H,10-12H2,1H3,(H,31,32)/t13-,16+/m1/s1. The van der Waals surface area contributed by atoms with E-state index in [4.69, 9.17) is 4.74 Å². The first-order valence-corrected chi connectivity index (χ1v) is 11.2. The Labute approximate surface area is 202 Å². The highest BCUT2D eigenvalue weighted by Gasteiger charge is 2.35. The summed E-state index contributed by atoms with van der Waals surface area (Å²) in [6.45, 7) is 2.63. The Bertz CT molecular complexity index is 1430. The van der Waals surface area contributed by atoms with Crippen LogP contribution >= 0.6 is 0 Å². The third kappa shape index (κ3) is 4.47. The minimum absolute atomic E-state index is 0.0145. The van der Waals surface area contributed by atoms with Gasteiger partial charge < -0.3 is 24.7 Å². The highest BCUT2D eigenvalue weighted by Crippen LogP contribution is 2.34. The monoisotopic (exact) mass is 502 g/mol. The molecule has 0 bridgehead atoms. The molecule has 1 saturated heterocycles. The largest absolute Gasteiger partial charge is 0.417 e. The number of halogens is 4. The van der Waals surface area contributed by atoms with E-state index in [1.807, 2.05) is 11.8 Å². The van der Waals surface area contributed by atoms with E-state index in [0.29, 0.717) is 30.0 Å². The number of morpholine rings is 1. The lowest BCUT2D eigenvalue weighted by atomic mass is 9.99. The number of imidazole rings is 1. The summed E-state index contributed by atoms with van der Waals surface area (Å²) in [7, 11) is 0. The predicted molar refractivity (Wildman–Crippen MR) is 124 cm³/mol. The Morgan fingerprint density at radius 3 is 2.75 bits per heavy atom. The third-order valence-electron chi connectivity index (χ3n) is 6.10. The van der Waals surface area contributed by atoms with Crippen LogP contribution in [0.3, 0.4) is 0 Å². The first-order valence-electron chi connectivity index (χ1n) is 11.2. The van der Waals surface area contributed by atoms with Crippen LogP contribution in [0.2, 0.25) is 0 Å². The maximum Gasteiger partial charge on any atom is 0.417 e. The molecule has 0 unspecified atom stereocenters. The summed E-state index contributed by atoms with van der Waals surface area (Å²) >= 11 is 0. The number of benzene rings is 2. The Kier molecular flexibility index (Phi) is 6.05. The molecule has 36 heavy (non-hydrogen) atoms. The molecule has 1 fully saturated rings. The lowest BCUT2D eigenvalue weighted by Gasteiger charge is -2.37. The van der Waals surface area contributed by atoms with Crippen molar-refractivity contribution >= 4 is 22.5 Å². The molecule has 3 N–H and O–H groups in total. The Morgan fingerprint density at radius 2 is 2.00 bits per heavy atom. The van der Waals surface area contributed by atoms with Gasteiger partial charge in [-0.05, 0) is 31.2 Å². The minimum atomic E-state index is -4.67. The Morgan fingerprint density at radius 1 is 1.22 bits per heavy atom. The number of aliphatic hydroxyl groups is 1. The number of fused-ring (bicyclic) bond motifs is 1. The van der Waals surface area contributed by atoms with Crippen LogP contribution in [0.1, 0.15) is 28.4 Å². The van der Waals surface area contributed by atoms with Crippen molar-refractivity contribution in [3.63, 3.8) is 0 Å². The number of rotatable bonds is 5. The van der Waals surface area contributed by atoms with Crippen LogP contribution in [-0.2, 0) is 10.9 Å². The molecule has 188 valence electrons. The lowest BCUT2D eigenvalue weighted by molar-refractivity contribution is -0.137. The second-order valence-electron chi connectivity index (χ2n) is 8.74. The number of aromatic nitrogens is 3. The molecule has 0 aliphatic carbocycles. The predicted octanol–water partition coefficient (Wildman–Crippen LogP) is 4.53. The van der Waals surface area contributed by atoms with Gasteiger partial charge in [-0.25, -0.2) is 9.37 Å². The summed E-state index contributed by atoms with van der Waals surface area (Å²) in [5.41, 5.74) is -0.0622. The molecule has 4 aromatic rings. The summed E-state index contributed by atoms with van der Waals surface area (Å²) in [5, 5.41) is 9.47. The van der Waals surface area contributed by atoms with Crippen LogP contribution in [0.15, 0.2) is 48.7 Å². The molecule has 1 aliphatic rings. The van der Waals surface area contributed by atoms with E-state index in [1.54, 1.807) is 6.07 Å². The van der Waals surface area contributed by atoms with E-state index in [0.717, 1.165) is 12.1 Å². The van der Waals surface area contributed by atoms with Crippen LogP contribution in [0.25, 0.3) is 22.6 Å². The number of H-pyrrole nitrogens is 2. The highest BCUT2D eigenvalue weighted by molar-refractivity contribution is 6.10. The van der Waals surface area contributed by atoms with E-state index in [-0.39, 0.29) is 35.7 Å². The second kappa shape index (κ2) is 9.07. The smallest absolute Gasteiger partial charge is 0.394 e. The van der Waals surface area contributed by atoms with E-state index in [1.165, 1.54) is 30.5 Å². The zero-order chi connectivity index (χ0) is 25.6. The number of hydrogen-bond donors (Lipinski definition) is 3. The molecule has 7 nitrogen and oxygen atoms in total. The van der Waals surface area contributed by atoms with Crippen molar-refractivity contribution in [2.45, 2.75) is 25.3 Å². The first kappa shape index (κ1) is 24.0. The van der Waals surface area contributed by atoms with Gasteiger partial charge in [0, 0.05) is 36.1 Å². The van der Waals surface area contributed by atoms with Gasteiger partial charge in [0.05, 0.1) is 35.6 Å². The summed E-state index contributed by atoms with van der Waals surface area (Å²) in [6.07, 6.45) is -3.91. The van der Waals surface area contributed by atoms with Crippen molar-refractivity contribution in [3.05, 3.63) is 71.2 Å². The van der Waals surface area contributed by atoms with Crippen LogP contribution in [-0.4, -0.2) is 57.7 Å². The third-order valence-corrected chi connectivity index (χ3v) is 6.10. The molecule has 0 saturated carbocycles. The number of anilines is 1. The number of hydrogen-bond acceptors (Lipinski definition) is 5. The fourth-order valence-corrected chi connectivity index (χ4v) is 4.47. The number of carbonyl (C=O) groups excluding carboxylic acids is 1. The number of alkyl halides is 3. The van der Waals surface area contributed by atoms with Crippen molar-refractivity contribution in [2.75, 3.05) is 24.6 Å². The average Bonchev–Trinajstić information content (AvgIpc) is 3.50. The molecule has 3 heterocycles. The zero-order valence-electron chi connectivity index (χ0n) is 19.1. The Balaban J connectivity index is 1.45. The summed E-state index contributed by atoms with van der Waals surface area (Å²) in [4.78, 5) is 24.9. The van der Waals surface area contributed by atoms with Gasteiger partial charge in [-0.2, -0.15) is 13.2 Å². The molecule has 2 aromatic carbocycles. The molecule has 5 rings (SSSR count). The lowest BCUT2D eigenvalue weighted by Crippen LogP contribution is -2.48. The Hall–Kier alpha value is -3.70. The molecule has 0 radical (unpaired) electrons. The first-order chi connectivity index (χ1) is 17.1. The van der Waals surface area contributed by atoms with Gasteiger partial charge in [0.1, 0.15) is 5.52 Å². The van der Waals surface area contributed by atoms with Gasteiger partial charge in [0.2, 0.25) is 0 Å². The fraction of sp³-hybridized carbons (Fsp3) is 0.280. The van der Waals surface area contributed by atoms with Crippen LogP contribution in [0, 0.1) is 5.82 Å². The van der Waals surface area contributed by atoms with Crippen molar-refractivity contribution in [1.29, 1.82) is 0 Å². The number of ketones is 1. The maximum absolute atomic E-state index is 15.0. The number of carbonyl (C=O) groups is 1. The number of aliphatic hydroxyl groups excluding tert-OH is 1. The summed E-state index contributed by atoms with van der Waals surface area (Å²) in [5.74, 6) is -1.13. The van der Waals surface area contributed by atoms with Crippen molar-refractivity contribution in [3.8, 4) is 11.5 Å². The number of nitrogens with one attached hydrogen (secondary N) is 2. The SMILES string of the molecule is C[C@@H]1CN(c2cc(F)c3nc(-c4cc(C(=O)c5ccccc5C(F)(F)F)c[nH]4)[nH]c3c2)C[C@@H](CO)O1. The van der Waals surface area contributed by atoms with Crippen molar-refractivity contribution in [2.24, 2.45) is 0 Å². The second-order valence-corrected chi connectivity index (χ2v) is 8.74. The van der Waals surface area contributed by atoms with Gasteiger partial charge >= 0.3 is 6.18 Å². The van der Waals surface area contributed by atoms with E-state index >= 15 is 0 Å². The molecule has 1 aliphatic heterocycles. The van der Waals surface area contributed by atoms with Gasteiger partial charge in [0.25, 0.3) is 0 Å². The minimum Gasteiger partial charge on any atom is -0.394 e. The summed E-state index contributed by atoms with van der Waals surface area (Å²) < 4.78 is 60.6. The molecule has 0 spiro atoms. The van der Waals surface area contributed by atoms with Crippen LogP contribution in [0.4, 0.5) is 23.2 Å². The molecular formula is C25H22F4N4O3. The van der Waals surface area contributed by atoms with Gasteiger partial charge in [-0.3, -0.25) is 4.79 Å². The van der Waals surface area contributed by atoms with E-state index < -0.39 is 28.9 Å². The number of aromatic amines is 2. The molecule has 11 heteroatoms. The molecule has 2 atom stereocenters. The highest BCUT2D eigenvalue weighted by atomic mass is 19.4. The normalized spacial score (nSPS) is 18.7. The van der Waals surface area contributed by atoms with E-state index in [9.17, 15) is 27.5 Å². The quantitative estimate of drug-likeness (QED) is 0.275. The van der Waals surface area contributed by atoms with Crippen molar-refractivity contribution in [1.82, 2.24) is 15.0 Å². The molecular weight excluding hydrogens is 480 g/mol. The summed E-state index contributed by atoms with van der Waals surface area (Å²) in [6, 6.07) is 9.05.